The van der Waals surface area contributed by atoms with E-state index >= 15 is 0 Å². The first-order valence-electron chi connectivity index (χ1n) is 7.78. The van der Waals surface area contributed by atoms with E-state index in [1.54, 1.807) is 11.3 Å². The summed E-state index contributed by atoms with van der Waals surface area (Å²) in [5, 5.41) is 0. The van der Waals surface area contributed by atoms with Gasteiger partial charge in [-0.3, -0.25) is 4.79 Å². The molecule has 0 fully saturated rings. The molecule has 23 heavy (non-hydrogen) atoms. The first-order chi connectivity index (χ1) is 11.1. The Balaban J connectivity index is 1.92. The van der Waals surface area contributed by atoms with Crippen LogP contribution in [0.15, 0.2) is 47.5 Å². The van der Waals surface area contributed by atoms with Gasteiger partial charge in [-0.15, -0.1) is 0 Å². The summed E-state index contributed by atoms with van der Waals surface area (Å²) in [5.41, 5.74) is 4.62. The van der Waals surface area contributed by atoms with E-state index in [0.717, 1.165) is 22.3 Å². The molecule has 118 valence electrons. The van der Waals surface area contributed by atoms with E-state index in [2.05, 4.69) is 30.1 Å². The molecule has 0 spiro atoms. The molecule has 0 aliphatic rings. The number of hydrogen-bond donors (Lipinski definition) is 0. The third-order valence-corrected chi connectivity index (χ3v) is 5.07. The quantitative estimate of drug-likeness (QED) is 0.722. The first-order valence-corrected chi connectivity index (χ1v) is 8.60. The van der Waals surface area contributed by atoms with Crippen LogP contribution in [0.1, 0.15) is 23.6 Å². The molecule has 1 amide bonds. The molecule has 1 aromatic heterocycles. The smallest absolute Gasteiger partial charge is 0.252 e. The molecule has 3 nitrogen and oxygen atoms in total. The van der Waals surface area contributed by atoms with Crippen LogP contribution in [0.3, 0.4) is 0 Å². The number of nitrogens with zero attached hydrogens (tertiary/aromatic N) is 2. The lowest BCUT2D eigenvalue weighted by atomic mass is 10.1. The highest BCUT2D eigenvalue weighted by Gasteiger charge is 2.06. The molecule has 0 atom stereocenters. The van der Waals surface area contributed by atoms with E-state index < -0.39 is 0 Å². The van der Waals surface area contributed by atoms with Crippen LogP contribution in [-0.2, 0) is 24.7 Å². The molecule has 0 aliphatic heterocycles. The fourth-order valence-corrected chi connectivity index (χ4v) is 3.63. The van der Waals surface area contributed by atoms with Gasteiger partial charge in [-0.2, -0.15) is 4.99 Å². The molecular formula is C19H20N2OS. The van der Waals surface area contributed by atoms with Crippen molar-refractivity contribution in [1.29, 1.82) is 0 Å². The maximum absolute atomic E-state index is 12.2. The Morgan fingerprint density at radius 2 is 1.83 bits per heavy atom. The molecule has 1 heterocycles. The first kappa shape index (κ1) is 15.7. The number of rotatable bonds is 3. The lowest BCUT2D eigenvalue weighted by Gasteiger charge is -1.99. The number of fused-ring (bicyclic) bond motifs is 1. The van der Waals surface area contributed by atoms with Crippen molar-refractivity contribution in [3.05, 3.63) is 64.0 Å². The molecule has 0 aliphatic carbocycles. The van der Waals surface area contributed by atoms with E-state index in [1.807, 2.05) is 42.8 Å². The van der Waals surface area contributed by atoms with E-state index in [0.29, 0.717) is 6.42 Å². The minimum atomic E-state index is -0.105. The van der Waals surface area contributed by atoms with E-state index in [9.17, 15) is 4.79 Å². The van der Waals surface area contributed by atoms with Crippen molar-refractivity contribution in [2.45, 2.75) is 26.7 Å². The van der Waals surface area contributed by atoms with Gasteiger partial charge in [0.2, 0.25) is 0 Å². The van der Waals surface area contributed by atoms with Gasteiger partial charge in [0.1, 0.15) is 0 Å². The summed E-state index contributed by atoms with van der Waals surface area (Å²) in [5.74, 6) is -0.105. The molecule has 3 rings (SSSR count). The molecule has 0 saturated heterocycles. The largest absolute Gasteiger partial charge is 0.319 e. The Labute approximate surface area is 139 Å². The molecular weight excluding hydrogens is 304 g/mol. The summed E-state index contributed by atoms with van der Waals surface area (Å²) in [6.07, 6.45) is 1.35. The van der Waals surface area contributed by atoms with Crippen LogP contribution in [0.25, 0.3) is 10.2 Å². The Kier molecular flexibility index (Phi) is 4.44. The predicted octanol–water partition coefficient (Wildman–Crippen LogP) is 3.78. The number of aromatic nitrogens is 1. The second-order valence-corrected chi connectivity index (χ2v) is 6.78. The van der Waals surface area contributed by atoms with Crippen LogP contribution in [0.5, 0.6) is 0 Å². The van der Waals surface area contributed by atoms with Crippen molar-refractivity contribution in [2.24, 2.45) is 12.0 Å². The van der Waals surface area contributed by atoms with Gasteiger partial charge in [0.25, 0.3) is 5.91 Å². The maximum atomic E-state index is 12.2. The number of amides is 1. The Morgan fingerprint density at radius 1 is 1.13 bits per heavy atom. The van der Waals surface area contributed by atoms with Crippen molar-refractivity contribution >= 4 is 27.5 Å². The topological polar surface area (TPSA) is 34.4 Å². The second-order valence-electron chi connectivity index (χ2n) is 5.77. The Bertz CT molecular complexity index is 917. The number of thiazole rings is 1. The SMILES string of the molecule is CCc1ccc2c(c1)sc(=NC(=O)Cc1ccc(C)cc1)n2C. The highest BCUT2D eigenvalue weighted by molar-refractivity contribution is 7.16. The average Bonchev–Trinajstić information content (AvgIpc) is 2.85. The number of benzene rings is 2. The fraction of sp³-hybridized carbons (Fsp3) is 0.263. The molecule has 0 bridgehead atoms. The summed E-state index contributed by atoms with van der Waals surface area (Å²) in [4.78, 5) is 17.3. The van der Waals surface area contributed by atoms with Crippen LogP contribution in [0.4, 0.5) is 0 Å². The normalized spacial score (nSPS) is 12.0. The van der Waals surface area contributed by atoms with Gasteiger partial charge in [-0.1, -0.05) is 54.2 Å². The average molecular weight is 324 g/mol. The third-order valence-electron chi connectivity index (χ3n) is 3.98. The van der Waals surface area contributed by atoms with Crippen LogP contribution in [-0.4, -0.2) is 10.5 Å². The standard InChI is InChI=1S/C19H20N2OS/c1-4-14-9-10-16-17(11-14)23-19(21(16)3)20-18(22)12-15-7-5-13(2)6-8-15/h5-11H,4,12H2,1-3H3. The van der Waals surface area contributed by atoms with Crippen molar-refractivity contribution in [3.63, 3.8) is 0 Å². The van der Waals surface area contributed by atoms with E-state index in [-0.39, 0.29) is 5.91 Å². The summed E-state index contributed by atoms with van der Waals surface area (Å²) in [6, 6.07) is 14.4. The Morgan fingerprint density at radius 3 is 2.52 bits per heavy atom. The lowest BCUT2D eigenvalue weighted by molar-refractivity contribution is -0.117. The van der Waals surface area contributed by atoms with Crippen LogP contribution in [0.2, 0.25) is 0 Å². The summed E-state index contributed by atoms with van der Waals surface area (Å²) in [7, 11) is 1.96. The molecule has 3 aromatic rings. The summed E-state index contributed by atoms with van der Waals surface area (Å²) < 4.78 is 3.17. The number of hydrogen-bond acceptors (Lipinski definition) is 2. The summed E-state index contributed by atoms with van der Waals surface area (Å²) >= 11 is 1.57. The zero-order valence-corrected chi connectivity index (χ0v) is 14.5. The van der Waals surface area contributed by atoms with E-state index in [4.69, 9.17) is 0 Å². The molecule has 0 radical (unpaired) electrons. The summed E-state index contributed by atoms with van der Waals surface area (Å²) in [6.45, 7) is 4.18. The van der Waals surface area contributed by atoms with Crippen LogP contribution >= 0.6 is 11.3 Å². The molecule has 0 unspecified atom stereocenters. The molecule has 0 saturated carbocycles. The van der Waals surface area contributed by atoms with Crippen molar-refractivity contribution in [1.82, 2.24) is 4.57 Å². The minimum Gasteiger partial charge on any atom is -0.319 e. The van der Waals surface area contributed by atoms with Crippen LogP contribution < -0.4 is 4.80 Å². The third kappa shape index (κ3) is 3.42. The molecule has 4 heteroatoms. The monoisotopic (exact) mass is 324 g/mol. The van der Waals surface area contributed by atoms with Gasteiger partial charge >= 0.3 is 0 Å². The highest BCUT2D eigenvalue weighted by Crippen LogP contribution is 2.18. The molecule has 0 N–H and O–H groups in total. The molecule has 2 aromatic carbocycles. The Hall–Kier alpha value is -2.20. The fourth-order valence-electron chi connectivity index (χ4n) is 2.53. The van der Waals surface area contributed by atoms with Gasteiger partial charge in [-0.05, 0) is 36.6 Å². The maximum Gasteiger partial charge on any atom is 0.252 e. The lowest BCUT2D eigenvalue weighted by Crippen LogP contribution is -2.14. The second kappa shape index (κ2) is 6.50. The van der Waals surface area contributed by atoms with Gasteiger partial charge in [-0.25, -0.2) is 0 Å². The van der Waals surface area contributed by atoms with Gasteiger partial charge < -0.3 is 4.57 Å². The zero-order chi connectivity index (χ0) is 16.4. The predicted molar refractivity (Wildman–Crippen MR) is 95.6 cm³/mol. The zero-order valence-electron chi connectivity index (χ0n) is 13.7. The van der Waals surface area contributed by atoms with Gasteiger partial charge in [0.15, 0.2) is 4.80 Å². The van der Waals surface area contributed by atoms with Crippen molar-refractivity contribution in [2.75, 3.05) is 0 Å². The van der Waals surface area contributed by atoms with Crippen molar-refractivity contribution in [3.8, 4) is 0 Å². The van der Waals surface area contributed by atoms with Gasteiger partial charge in [0, 0.05) is 7.05 Å². The minimum absolute atomic E-state index is 0.105. The highest BCUT2D eigenvalue weighted by atomic mass is 32.1. The van der Waals surface area contributed by atoms with Crippen molar-refractivity contribution < 1.29 is 4.79 Å². The van der Waals surface area contributed by atoms with Crippen LogP contribution in [0, 0.1) is 6.92 Å². The number of carbonyl (C=O) groups excluding carboxylic acids is 1. The number of aryl methyl sites for hydroxylation is 3. The number of carbonyl (C=O) groups is 1. The van der Waals surface area contributed by atoms with E-state index in [1.165, 1.54) is 15.8 Å². The van der Waals surface area contributed by atoms with Gasteiger partial charge in [0.05, 0.1) is 16.6 Å².